The van der Waals surface area contributed by atoms with Crippen LogP contribution in [0.1, 0.15) is 30.8 Å². The van der Waals surface area contributed by atoms with Gasteiger partial charge in [0.2, 0.25) is 10.0 Å². The van der Waals surface area contributed by atoms with Crippen LogP contribution in [0.5, 0.6) is 0 Å². The van der Waals surface area contributed by atoms with Gasteiger partial charge in [-0.2, -0.15) is 0 Å². The van der Waals surface area contributed by atoms with E-state index in [1.54, 1.807) is 0 Å². The largest absolute Gasteiger partial charge is 0.357 e. The average Bonchev–Trinajstić information content (AvgIpc) is 2.67. The maximum Gasteiger partial charge on any atom is 0.269 e. The monoisotopic (exact) mass is 391 g/mol. The Morgan fingerprint density at radius 1 is 1.15 bits per heavy atom. The Morgan fingerprint density at radius 2 is 1.81 bits per heavy atom. The molecule has 1 saturated heterocycles. The molecule has 0 saturated carbocycles. The molecule has 3 rings (SSSR count). The van der Waals surface area contributed by atoms with Gasteiger partial charge in [0.1, 0.15) is 11.6 Å². The van der Waals surface area contributed by atoms with Gasteiger partial charge in [-0.3, -0.25) is 10.1 Å². The van der Waals surface area contributed by atoms with Crippen LogP contribution in [0, 0.1) is 17.0 Å². The van der Waals surface area contributed by atoms with Crippen LogP contribution in [0.25, 0.3) is 0 Å². The molecule has 1 aromatic carbocycles. The SMILES string of the molecule is Cc1cc(N2CCCCC2)nc(CNS(=O)(=O)c2ccc([N+](=O)[O-])cc2)n1. The first-order valence-corrected chi connectivity index (χ1v) is 10.2. The van der Waals surface area contributed by atoms with Gasteiger partial charge in [-0.15, -0.1) is 0 Å². The van der Waals surface area contributed by atoms with Crippen molar-refractivity contribution in [2.45, 2.75) is 37.6 Å². The normalized spacial score (nSPS) is 14.9. The van der Waals surface area contributed by atoms with Crippen molar-refractivity contribution < 1.29 is 13.3 Å². The number of non-ortho nitro benzene ring substituents is 1. The van der Waals surface area contributed by atoms with E-state index in [0.717, 1.165) is 49.6 Å². The maximum atomic E-state index is 12.4. The number of hydrogen-bond acceptors (Lipinski definition) is 7. The topological polar surface area (TPSA) is 118 Å². The van der Waals surface area contributed by atoms with Gasteiger partial charge in [-0.05, 0) is 38.3 Å². The molecule has 0 radical (unpaired) electrons. The van der Waals surface area contributed by atoms with Crippen molar-refractivity contribution in [2.24, 2.45) is 0 Å². The van der Waals surface area contributed by atoms with Crippen LogP contribution in [0.15, 0.2) is 35.2 Å². The lowest BCUT2D eigenvalue weighted by atomic mass is 10.1. The van der Waals surface area contributed by atoms with Crippen LogP contribution < -0.4 is 9.62 Å². The van der Waals surface area contributed by atoms with E-state index in [4.69, 9.17) is 0 Å². The highest BCUT2D eigenvalue weighted by atomic mass is 32.2. The number of hydrogen-bond donors (Lipinski definition) is 1. The fourth-order valence-corrected chi connectivity index (χ4v) is 3.95. The van der Waals surface area contributed by atoms with Crippen LogP contribution >= 0.6 is 0 Å². The number of nitrogens with zero attached hydrogens (tertiary/aromatic N) is 4. The molecular formula is C17H21N5O4S. The van der Waals surface area contributed by atoms with Crippen LogP contribution in [-0.4, -0.2) is 36.4 Å². The lowest BCUT2D eigenvalue weighted by Crippen LogP contribution is -2.31. The zero-order valence-corrected chi connectivity index (χ0v) is 15.8. The number of benzene rings is 1. The van der Waals surface area contributed by atoms with E-state index in [1.165, 1.54) is 18.6 Å². The van der Waals surface area contributed by atoms with E-state index in [2.05, 4.69) is 19.6 Å². The molecular weight excluding hydrogens is 370 g/mol. The summed E-state index contributed by atoms with van der Waals surface area (Å²) >= 11 is 0. The second-order valence-electron chi connectivity index (χ2n) is 6.41. The third-order valence-electron chi connectivity index (χ3n) is 4.35. The highest BCUT2D eigenvalue weighted by molar-refractivity contribution is 7.89. The lowest BCUT2D eigenvalue weighted by molar-refractivity contribution is -0.384. The molecule has 9 nitrogen and oxygen atoms in total. The molecule has 1 N–H and O–H groups in total. The third kappa shape index (κ3) is 4.77. The van der Waals surface area contributed by atoms with Crippen LogP contribution in [-0.2, 0) is 16.6 Å². The molecule has 0 aliphatic carbocycles. The van der Waals surface area contributed by atoms with Crippen molar-refractivity contribution in [3.05, 3.63) is 52.0 Å². The van der Waals surface area contributed by atoms with E-state index < -0.39 is 14.9 Å². The van der Waals surface area contributed by atoms with Gasteiger partial charge in [0.25, 0.3) is 5.69 Å². The molecule has 1 aliphatic heterocycles. The van der Waals surface area contributed by atoms with E-state index in [-0.39, 0.29) is 17.1 Å². The average molecular weight is 391 g/mol. The summed E-state index contributed by atoms with van der Waals surface area (Å²) in [5.41, 5.74) is 0.609. The number of anilines is 1. The molecule has 0 atom stereocenters. The number of aryl methyl sites for hydroxylation is 1. The number of sulfonamides is 1. The number of aromatic nitrogens is 2. The highest BCUT2D eigenvalue weighted by Gasteiger charge is 2.18. The van der Waals surface area contributed by atoms with Gasteiger partial charge in [0, 0.05) is 37.0 Å². The molecule has 10 heteroatoms. The molecule has 1 aliphatic rings. The minimum atomic E-state index is -3.82. The fraction of sp³-hybridized carbons (Fsp3) is 0.412. The summed E-state index contributed by atoms with van der Waals surface area (Å²) in [4.78, 5) is 21.1. The number of nitrogens with one attached hydrogen (secondary N) is 1. The summed E-state index contributed by atoms with van der Waals surface area (Å²) < 4.78 is 27.3. The van der Waals surface area contributed by atoms with Gasteiger partial charge >= 0.3 is 0 Å². The summed E-state index contributed by atoms with van der Waals surface area (Å²) in [6.07, 6.45) is 3.44. The van der Waals surface area contributed by atoms with Crippen molar-refractivity contribution in [3.63, 3.8) is 0 Å². The minimum Gasteiger partial charge on any atom is -0.357 e. The summed E-state index contributed by atoms with van der Waals surface area (Å²) in [6.45, 7) is 3.67. The Balaban J connectivity index is 1.73. The summed E-state index contributed by atoms with van der Waals surface area (Å²) in [7, 11) is -3.82. The standard InChI is InChI=1S/C17H21N5O4S/c1-13-11-17(21-9-3-2-4-10-21)20-16(19-13)12-18-27(25,26)15-7-5-14(6-8-15)22(23)24/h5-8,11,18H,2-4,9-10,12H2,1H3. The Kier molecular flexibility index (Phi) is 5.66. The summed E-state index contributed by atoms with van der Waals surface area (Å²) in [5, 5.41) is 10.7. The van der Waals surface area contributed by atoms with Gasteiger partial charge < -0.3 is 4.90 Å². The van der Waals surface area contributed by atoms with E-state index in [0.29, 0.717) is 5.82 Å². The highest BCUT2D eigenvalue weighted by Crippen LogP contribution is 2.19. The molecule has 0 spiro atoms. The molecule has 0 amide bonds. The Morgan fingerprint density at radius 3 is 2.44 bits per heavy atom. The van der Waals surface area contributed by atoms with Crippen molar-refractivity contribution >= 4 is 21.5 Å². The van der Waals surface area contributed by atoms with Gasteiger partial charge in [0.15, 0.2) is 0 Å². The van der Waals surface area contributed by atoms with Crippen molar-refractivity contribution in [2.75, 3.05) is 18.0 Å². The summed E-state index contributed by atoms with van der Waals surface area (Å²) in [5.74, 6) is 1.20. The van der Waals surface area contributed by atoms with E-state index in [1.807, 2.05) is 13.0 Å². The van der Waals surface area contributed by atoms with Gasteiger partial charge in [-0.1, -0.05) is 0 Å². The van der Waals surface area contributed by atoms with Crippen molar-refractivity contribution in [1.29, 1.82) is 0 Å². The number of nitro benzene ring substituents is 1. The molecule has 0 bridgehead atoms. The van der Waals surface area contributed by atoms with Crippen LogP contribution in [0.4, 0.5) is 11.5 Å². The number of rotatable bonds is 6. The predicted molar refractivity (Wildman–Crippen MR) is 100.0 cm³/mol. The first kappa shape index (κ1) is 19.2. The second-order valence-corrected chi connectivity index (χ2v) is 8.17. The molecule has 2 heterocycles. The molecule has 2 aromatic rings. The third-order valence-corrected chi connectivity index (χ3v) is 5.76. The first-order valence-electron chi connectivity index (χ1n) is 8.69. The van der Waals surface area contributed by atoms with Crippen LogP contribution in [0.2, 0.25) is 0 Å². The fourth-order valence-electron chi connectivity index (χ4n) is 2.97. The van der Waals surface area contributed by atoms with Crippen LogP contribution in [0.3, 0.4) is 0 Å². The quantitative estimate of drug-likeness (QED) is 0.592. The molecule has 0 unspecified atom stereocenters. The van der Waals surface area contributed by atoms with Gasteiger partial charge in [-0.25, -0.2) is 23.1 Å². The minimum absolute atomic E-state index is 0.0444. The Labute approximate surface area is 157 Å². The smallest absolute Gasteiger partial charge is 0.269 e. The predicted octanol–water partition coefficient (Wildman–Crippen LogP) is 2.16. The number of piperidine rings is 1. The zero-order valence-electron chi connectivity index (χ0n) is 15.0. The lowest BCUT2D eigenvalue weighted by Gasteiger charge is -2.28. The maximum absolute atomic E-state index is 12.4. The number of nitro groups is 1. The van der Waals surface area contributed by atoms with E-state index in [9.17, 15) is 18.5 Å². The first-order chi connectivity index (χ1) is 12.8. The molecule has 144 valence electrons. The molecule has 1 fully saturated rings. The molecule has 27 heavy (non-hydrogen) atoms. The van der Waals surface area contributed by atoms with Gasteiger partial charge in [0.05, 0.1) is 16.4 Å². The molecule has 1 aromatic heterocycles. The zero-order chi connectivity index (χ0) is 19.4. The Hall–Kier alpha value is -2.59. The second kappa shape index (κ2) is 7.97. The summed E-state index contributed by atoms with van der Waals surface area (Å²) in [6, 6.07) is 6.63. The Bertz CT molecular complexity index is 925. The van der Waals surface area contributed by atoms with Crippen molar-refractivity contribution in [1.82, 2.24) is 14.7 Å². The van der Waals surface area contributed by atoms with E-state index >= 15 is 0 Å². The van der Waals surface area contributed by atoms with Crippen molar-refractivity contribution in [3.8, 4) is 0 Å².